The number of hydrogen-bond acceptors (Lipinski definition) is 6. The van der Waals surface area contributed by atoms with Crippen molar-refractivity contribution in [1.82, 2.24) is 34.4 Å². The fourth-order valence-electron chi connectivity index (χ4n) is 3.69. The molecule has 3 aromatic rings. The second-order valence-electron chi connectivity index (χ2n) is 7.18. The van der Waals surface area contributed by atoms with Crippen molar-refractivity contribution in [3.8, 4) is 0 Å². The Bertz CT molecular complexity index is 949. The Morgan fingerprint density at radius 1 is 1.29 bits per heavy atom. The van der Waals surface area contributed by atoms with Gasteiger partial charge < -0.3 is 13.9 Å². The van der Waals surface area contributed by atoms with Gasteiger partial charge in [0.1, 0.15) is 12.4 Å². The van der Waals surface area contributed by atoms with E-state index in [0.717, 1.165) is 24.5 Å². The quantitative estimate of drug-likeness (QED) is 0.668. The van der Waals surface area contributed by atoms with Crippen LogP contribution in [0.3, 0.4) is 0 Å². The number of rotatable bonds is 5. The summed E-state index contributed by atoms with van der Waals surface area (Å²) < 4.78 is 9.51. The Kier molecular flexibility index (Phi) is 4.97. The second-order valence-corrected chi connectivity index (χ2v) is 7.18. The maximum atomic E-state index is 12.8. The average Bonchev–Trinajstić information content (AvgIpc) is 3.43. The average molecular weight is 383 g/mol. The second kappa shape index (κ2) is 7.57. The topological polar surface area (TPSA) is 94.9 Å². The van der Waals surface area contributed by atoms with Gasteiger partial charge in [-0.05, 0) is 25.8 Å². The molecular weight excluding hydrogens is 358 g/mol. The first-order valence-corrected chi connectivity index (χ1v) is 9.68. The maximum absolute atomic E-state index is 12.8. The van der Waals surface area contributed by atoms with Gasteiger partial charge >= 0.3 is 0 Å². The van der Waals surface area contributed by atoms with Crippen LogP contribution in [0.2, 0.25) is 0 Å². The van der Waals surface area contributed by atoms with Crippen molar-refractivity contribution in [1.29, 1.82) is 0 Å². The highest BCUT2D eigenvalue weighted by atomic mass is 16.4. The molecule has 1 saturated heterocycles. The standard InChI is InChI=1S/C19H25N7O2/c1-4-16-21-13(2)17(28-16)19(27)25-10-6-14(7-11-25)18-23-22-15(24(18)3)12-26-9-5-8-20-26/h5,8-9,14H,4,6-7,10-12H2,1-3H3. The van der Waals surface area contributed by atoms with Crippen LogP contribution in [0.15, 0.2) is 22.9 Å². The summed E-state index contributed by atoms with van der Waals surface area (Å²) in [6.07, 6.45) is 6.06. The van der Waals surface area contributed by atoms with Gasteiger partial charge in [0.25, 0.3) is 5.91 Å². The molecule has 9 nitrogen and oxygen atoms in total. The number of hydrogen-bond donors (Lipinski definition) is 0. The summed E-state index contributed by atoms with van der Waals surface area (Å²) in [5.74, 6) is 3.05. The van der Waals surface area contributed by atoms with Gasteiger partial charge in [0.2, 0.25) is 5.76 Å². The van der Waals surface area contributed by atoms with E-state index in [-0.39, 0.29) is 11.8 Å². The lowest BCUT2D eigenvalue weighted by Gasteiger charge is -2.31. The van der Waals surface area contributed by atoms with Gasteiger partial charge in [-0.25, -0.2) is 4.98 Å². The molecule has 1 aliphatic heterocycles. The highest BCUT2D eigenvalue weighted by Gasteiger charge is 2.30. The summed E-state index contributed by atoms with van der Waals surface area (Å²) in [5, 5.41) is 13.0. The number of carbonyl (C=O) groups is 1. The van der Waals surface area contributed by atoms with Crippen LogP contribution in [0, 0.1) is 6.92 Å². The van der Waals surface area contributed by atoms with E-state index in [2.05, 4.69) is 24.8 Å². The van der Waals surface area contributed by atoms with Crippen molar-refractivity contribution in [3.05, 3.63) is 47.5 Å². The first-order chi connectivity index (χ1) is 13.6. The van der Waals surface area contributed by atoms with Crippen LogP contribution >= 0.6 is 0 Å². The van der Waals surface area contributed by atoms with E-state index in [4.69, 9.17) is 4.42 Å². The van der Waals surface area contributed by atoms with E-state index in [1.165, 1.54) is 0 Å². The molecule has 3 aromatic heterocycles. The van der Waals surface area contributed by atoms with E-state index in [0.29, 0.717) is 43.4 Å². The number of oxazole rings is 1. The van der Waals surface area contributed by atoms with Crippen LogP contribution in [-0.4, -0.2) is 53.4 Å². The molecule has 0 atom stereocenters. The number of aryl methyl sites for hydroxylation is 2. The summed E-state index contributed by atoms with van der Waals surface area (Å²) in [5.41, 5.74) is 0.667. The minimum absolute atomic E-state index is 0.0690. The van der Waals surface area contributed by atoms with Crippen LogP contribution in [0.1, 0.15) is 59.5 Å². The molecule has 4 rings (SSSR count). The van der Waals surface area contributed by atoms with E-state index in [1.54, 1.807) is 6.20 Å². The minimum atomic E-state index is -0.0690. The minimum Gasteiger partial charge on any atom is -0.435 e. The number of piperidine rings is 1. The molecule has 0 N–H and O–H groups in total. The summed E-state index contributed by atoms with van der Waals surface area (Å²) in [6, 6.07) is 1.89. The van der Waals surface area contributed by atoms with Gasteiger partial charge in [-0.1, -0.05) is 6.92 Å². The third-order valence-corrected chi connectivity index (χ3v) is 5.35. The van der Waals surface area contributed by atoms with E-state index >= 15 is 0 Å². The third kappa shape index (κ3) is 3.44. The zero-order valence-electron chi connectivity index (χ0n) is 16.5. The molecule has 0 aliphatic carbocycles. The lowest BCUT2D eigenvalue weighted by Crippen LogP contribution is -2.38. The molecule has 0 aromatic carbocycles. The number of nitrogens with zero attached hydrogens (tertiary/aromatic N) is 7. The normalized spacial score (nSPS) is 15.3. The first-order valence-electron chi connectivity index (χ1n) is 9.68. The molecule has 0 radical (unpaired) electrons. The van der Waals surface area contributed by atoms with Crippen LogP contribution in [0.5, 0.6) is 0 Å². The Morgan fingerprint density at radius 2 is 2.07 bits per heavy atom. The van der Waals surface area contributed by atoms with Crippen molar-refractivity contribution in [2.45, 2.75) is 45.6 Å². The SMILES string of the molecule is CCc1nc(C)c(C(=O)N2CCC(c3nnc(Cn4cccn4)n3C)CC2)o1. The molecule has 1 amide bonds. The Morgan fingerprint density at radius 3 is 2.71 bits per heavy atom. The van der Waals surface area contributed by atoms with Gasteiger partial charge in [-0.3, -0.25) is 9.48 Å². The smallest absolute Gasteiger partial charge is 0.291 e. The van der Waals surface area contributed by atoms with Crippen molar-refractivity contribution >= 4 is 5.91 Å². The number of amides is 1. The number of carbonyl (C=O) groups excluding carboxylic acids is 1. The number of aromatic nitrogens is 6. The fourth-order valence-corrected chi connectivity index (χ4v) is 3.69. The summed E-state index contributed by atoms with van der Waals surface area (Å²) in [7, 11) is 2.00. The summed E-state index contributed by atoms with van der Waals surface area (Å²) in [6.45, 7) is 5.73. The molecule has 0 spiro atoms. The summed E-state index contributed by atoms with van der Waals surface area (Å²) in [4.78, 5) is 19.0. The largest absolute Gasteiger partial charge is 0.435 e. The highest BCUT2D eigenvalue weighted by Crippen LogP contribution is 2.28. The van der Waals surface area contributed by atoms with Gasteiger partial charge in [0.15, 0.2) is 11.7 Å². The molecular formula is C19H25N7O2. The van der Waals surface area contributed by atoms with Gasteiger partial charge in [0, 0.05) is 44.9 Å². The zero-order valence-corrected chi connectivity index (χ0v) is 16.5. The van der Waals surface area contributed by atoms with Crippen molar-refractivity contribution in [3.63, 3.8) is 0 Å². The zero-order chi connectivity index (χ0) is 19.7. The number of likely N-dealkylation sites (tertiary alicyclic amines) is 1. The third-order valence-electron chi connectivity index (χ3n) is 5.35. The molecule has 1 fully saturated rings. The predicted molar refractivity (Wildman–Crippen MR) is 101 cm³/mol. The van der Waals surface area contributed by atoms with Crippen molar-refractivity contribution < 1.29 is 9.21 Å². The monoisotopic (exact) mass is 383 g/mol. The lowest BCUT2D eigenvalue weighted by atomic mass is 9.95. The van der Waals surface area contributed by atoms with Gasteiger partial charge in [-0.15, -0.1) is 10.2 Å². The maximum Gasteiger partial charge on any atom is 0.291 e. The molecule has 28 heavy (non-hydrogen) atoms. The fraction of sp³-hybridized carbons (Fsp3) is 0.526. The Hall–Kier alpha value is -2.97. The van der Waals surface area contributed by atoms with Crippen LogP contribution in [0.4, 0.5) is 0 Å². The first kappa shape index (κ1) is 18.4. The van der Waals surface area contributed by atoms with E-state index < -0.39 is 0 Å². The van der Waals surface area contributed by atoms with Crippen LogP contribution in [0.25, 0.3) is 0 Å². The predicted octanol–water partition coefficient (Wildman–Crippen LogP) is 1.94. The Balaban J connectivity index is 1.41. The molecule has 9 heteroatoms. The summed E-state index contributed by atoms with van der Waals surface area (Å²) >= 11 is 0. The van der Waals surface area contributed by atoms with Gasteiger partial charge in [-0.2, -0.15) is 5.10 Å². The van der Waals surface area contributed by atoms with E-state index in [9.17, 15) is 4.79 Å². The molecule has 4 heterocycles. The molecule has 0 bridgehead atoms. The van der Waals surface area contributed by atoms with Crippen molar-refractivity contribution in [2.75, 3.05) is 13.1 Å². The van der Waals surface area contributed by atoms with Crippen LogP contribution in [-0.2, 0) is 20.0 Å². The Labute approximate surface area is 163 Å². The lowest BCUT2D eigenvalue weighted by molar-refractivity contribution is 0.0675. The molecule has 148 valence electrons. The van der Waals surface area contributed by atoms with Crippen LogP contribution < -0.4 is 0 Å². The van der Waals surface area contributed by atoms with Gasteiger partial charge in [0.05, 0.1) is 5.69 Å². The highest BCUT2D eigenvalue weighted by molar-refractivity contribution is 5.92. The molecule has 1 aliphatic rings. The molecule has 0 unspecified atom stereocenters. The molecule has 0 saturated carbocycles. The van der Waals surface area contributed by atoms with Crippen molar-refractivity contribution in [2.24, 2.45) is 7.05 Å². The van der Waals surface area contributed by atoms with E-state index in [1.807, 2.05) is 42.7 Å².